The largest absolute Gasteiger partial charge is 0.493 e. The molecular weight excluding hydrogens is 488 g/mol. The second-order valence-corrected chi connectivity index (χ2v) is 8.93. The second-order valence-electron chi connectivity index (χ2n) is 8.93. The average molecular weight is 517 g/mol. The molecule has 37 heavy (non-hydrogen) atoms. The number of ether oxygens (including phenoxy) is 2. The van der Waals surface area contributed by atoms with E-state index in [0.717, 1.165) is 29.3 Å². The number of hydrogen-bond donors (Lipinski definition) is 1. The molecular formula is C28H28F4N2O3. The maximum absolute atomic E-state index is 14.7. The van der Waals surface area contributed by atoms with Gasteiger partial charge in [-0.3, -0.25) is 9.69 Å². The smallest absolute Gasteiger partial charge is 0.416 e. The predicted octanol–water partition coefficient (Wildman–Crippen LogP) is 5.62. The molecule has 1 unspecified atom stereocenters. The van der Waals surface area contributed by atoms with Gasteiger partial charge in [-0.2, -0.15) is 13.2 Å². The predicted molar refractivity (Wildman–Crippen MR) is 131 cm³/mol. The van der Waals surface area contributed by atoms with Gasteiger partial charge in [0.25, 0.3) is 0 Å². The minimum atomic E-state index is -4.70. The van der Waals surface area contributed by atoms with Gasteiger partial charge in [-0.25, -0.2) is 4.39 Å². The molecule has 9 heteroatoms. The van der Waals surface area contributed by atoms with Crippen LogP contribution in [-0.4, -0.2) is 31.6 Å². The molecule has 196 valence electrons. The van der Waals surface area contributed by atoms with Crippen molar-refractivity contribution in [1.29, 1.82) is 0 Å². The van der Waals surface area contributed by atoms with Gasteiger partial charge < -0.3 is 15.2 Å². The lowest BCUT2D eigenvalue weighted by molar-refractivity contribution is -0.138. The van der Waals surface area contributed by atoms with Gasteiger partial charge in [-0.1, -0.05) is 36.4 Å². The molecule has 0 bridgehead atoms. The highest BCUT2D eigenvalue weighted by Gasteiger charge is 2.38. The van der Waals surface area contributed by atoms with Crippen LogP contribution in [0.4, 0.5) is 17.6 Å². The molecule has 1 aliphatic rings. The van der Waals surface area contributed by atoms with Crippen molar-refractivity contribution in [2.75, 3.05) is 20.8 Å². The van der Waals surface area contributed by atoms with Crippen molar-refractivity contribution < 1.29 is 31.8 Å². The zero-order valence-corrected chi connectivity index (χ0v) is 20.5. The summed E-state index contributed by atoms with van der Waals surface area (Å²) in [5.74, 6) is -0.525. The molecule has 1 aliphatic heterocycles. The van der Waals surface area contributed by atoms with Crippen molar-refractivity contribution >= 4 is 5.91 Å². The quantitative estimate of drug-likeness (QED) is 0.395. The zero-order chi connectivity index (χ0) is 26.7. The highest BCUT2D eigenvalue weighted by atomic mass is 19.4. The Morgan fingerprint density at radius 1 is 1.05 bits per heavy atom. The van der Waals surface area contributed by atoms with Crippen LogP contribution in [0.15, 0.2) is 60.7 Å². The van der Waals surface area contributed by atoms with E-state index in [2.05, 4.69) is 0 Å². The summed E-state index contributed by atoms with van der Waals surface area (Å²) in [7, 11) is 3.01. The number of halogens is 4. The van der Waals surface area contributed by atoms with E-state index in [1.807, 2.05) is 17.0 Å². The maximum atomic E-state index is 14.7. The fourth-order valence-corrected chi connectivity index (χ4v) is 5.19. The topological polar surface area (TPSA) is 64.8 Å². The monoisotopic (exact) mass is 516 g/mol. The first-order chi connectivity index (χ1) is 17.7. The Morgan fingerprint density at radius 2 is 1.73 bits per heavy atom. The van der Waals surface area contributed by atoms with E-state index < -0.39 is 41.1 Å². The van der Waals surface area contributed by atoms with Crippen molar-refractivity contribution in [1.82, 2.24) is 4.90 Å². The van der Waals surface area contributed by atoms with E-state index in [1.165, 1.54) is 14.2 Å². The molecule has 0 saturated heterocycles. The van der Waals surface area contributed by atoms with Crippen molar-refractivity contribution in [2.45, 2.75) is 37.5 Å². The molecule has 0 spiro atoms. The number of carbonyl (C=O) groups excluding carboxylic acids is 1. The molecule has 0 aromatic heterocycles. The third-order valence-electron chi connectivity index (χ3n) is 6.85. The van der Waals surface area contributed by atoms with Gasteiger partial charge in [0.2, 0.25) is 5.91 Å². The van der Waals surface area contributed by atoms with Crippen LogP contribution in [0.3, 0.4) is 0 Å². The van der Waals surface area contributed by atoms with Gasteiger partial charge in [0.15, 0.2) is 11.5 Å². The van der Waals surface area contributed by atoms with Crippen molar-refractivity contribution in [2.24, 2.45) is 5.73 Å². The van der Waals surface area contributed by atoms with Gasteiger partial charge in [-0.15, -0.1) is 0 Å². The Kier molecular flexibility index (Phi) is 7.73. The fraction of sp³-hybridized carbons (Fsp3) is 0.321. The third-order valence-corrected chi connectivity index (χ3v) is 6.85. The van der Waals surface area contributed by atoms with E-state index in [4.69, 9.17) is 15.2 Å². The number of primary amides is 1. The fourth-order valence-electron chi connectivity index (χ4n) is 5.19. The molecule has 0 fully saturated rings. The van der Waals surface area contributed by atoms with Gasteiger partial charge in [0.1, 0.15) is 11.9 Å². The molecule has 1 amide bonds. The van der Waals surface area contributed by atoms with Crippen LogP contribution in [0.1, 0.15) is 46.3 Å². The molecule has 0 saturated carbocycles. The van der Waals surface area contributed by atoms with Crippen LogP contribution in [0.25, 0.3) is 0 Å². The molecule has 2 atom stereocenters. The number of methoxy groups -OCH3 is 2. The number of nitrogens with two attached hydrogens (primary N) is 1. The molecule has 0 radical (unpaired) electrons. The highest BCUT2D eigenvalue weighted by Crippen LogP contribution is 2.44. The maximum Gasteiger partial charge on any atom is 0.416 e. The second kappa shape index (κ2) is 10.8. The summed E-state index contributed by atoms with van der Waals surface area (Å²) in [5, 5.41) is 0. The molecule has 0 aliphatic carbocycles. The number of hydrogen-bond acceptors (Lipinski definition) is 4. The number of rotatable bonds is 8. The highest BCUT2D eigenvalue weighted by molar-refractivity contribution is 5.81. The first kappa shape index (κ1) is 26.5. The van der Waals surface area contributed by atoms with Crippen LogP contribution in [0, 0.1) is 5.82 Å². The molecule has 3 aromatic rings. The van der Waals surface area contributed by atoms with Crippen LogP contribution in [0.2, 0.25) is 0 Å². The standard InChI is InChI=1S/C28H28F4N2O3/c1-36-24-15-18-13-14-34(26(27(33)35)17-7-4-3-5-8-17)23(20(18)16-25(24)37-2)12-11-19-21(28(30,31)32)9-6-10-22(19)29/h3-10,15-16,23,26H,11-14H2,1-2H3,(H2,33,35)/t23-,26?/m0/s1. The number of fused-ring (bicyclic) bond motifs is 1. The lowest BCUT2D eigenvalue weighted by atomic mass is 9.85. The minimum Gasteiger partial charge on any atom is -0.493 e. The lowest BCUT2D eigenvalue weighted by Crippen LogP contribution is -2.44. The Morgan fingerprint density at radius 3 is 2.35 bits per heavy atom. The van der Waals surface area contributed by atoms with E-state index >= 15 is 0 Å². The molecule has 2 N–H and O–H groups in total. The third kappa shape index (κ3) is 5.41. The Hall–Kier alpha value is -3.59. The summed E-state index contributed by atoms with van der Waals surface area (Å²) in [6.07, 6.45) is -4.23. The molecule has 4 rings (SSSR count). The lowest BCUT2D eigenvalue weighted by Gasteiger charge is -2.42. The van der Waals surface area contributed by atoms with E-state index in [1.54, 1.807) is 30.3 Å². The van der Waals surface area contributed by atoms with Crippen LogP contribution in [0.5, 0.6) is 11.5 Å². The Balaban J connectivity index is 1.81. The number of benzene rings is 3. The van der Waals surface area contributed by atoms with Crippen LogP contribution < -0.4 is 15.2 Å². The zero-order valence-electron chi connectivity index (χ0n) is 20.5. The van der Waals surface area contributed by atoms with Gasteiger partial charge >= 0.3 is 6.18 Å². The van der Waals surface area contributed by atoms with E-state index in [9.17, 15) is 22.4 Å². The summed E-state index contributed by atoms with van der Waals surface area (Å²) in [6.45, 7) is 0.416. The van der Waals surface area contributed by atoms with Gasteiger partial charge in [0.05, 0.1) is 19.8 Å². The van der Waals surface area contributed by atoms with Crippen LogP contribution >= 0.6 is 0 Å². The summed E-state index contributed by atoms with van der Waals surface area (Å²) in [5.41, 5.74) is 6.82. The number of alkyl halides is 3. The van der Waals surface area contributed by atoms with Crippen molar-refractivity contribution in [3.8, 4) is 11.5 Å². The summed E-state index contributed by atoms with van der Waals surface area (Å²) < 4.78 is 66.6. The van der Waals surface area contributed by atoms with Crippen molar-refractivity contribution in [3.63, 3.8) is 0 Å². The number of carbonyl (C=O) groups is 1. The van der Waals surface area contributed by atoms with E-state index in [0.29, 0.717) is 30.0 Å². The van der Waals surface area contributed by atoms with Gasteiger partial charge in [0, 0.05) is 18.2 Å². The normalized spacial score (nSPS) is 16.6. The first-order valence-electron chi connectivity index (χ1n) is 11.8. The number of nitrogens with zero attached hydrogens (tertiary/aromatic N) is 1. The number of amides is 1. The van der Waals surface area contributed by atoms with Crippen molar-refractivity contribution in [3.05, 3.63) is 94.3 Å². The SMILES string of the molecule is COc1cc2c(cc1OC)[C@H](CCc1c(F)cccc1C(F)(F)F)N(C(C(N)=O)c1ccccc1)CC2. The molecule has 3 aromatic carbocycles. The summed E-state index contributed by atoms with van der Waals surface area (Å²) >= 11 is 0. The Labute approximate surface area is 212 Å². The Bertz CT molecular complexity index is 1260. The van der Waals surface area contributed by atoms with Crippen LogP contribution in [-0.2, 0) is 23.8 Å². The van der Waals surface area contributed by atoms with Gasteiger partial charge in [-0.05, 0) is 60.2 Å². The summed E-state index contributed by atoms with van der Waals surface area (Å²) in [4.78, 5) is 14.6. The molecule has 1 heterocycles. The minimum absolute atomic E-state index is 0.114. The summed E-state index contributed by atoms with van der Waals surface area (Å²) in [6, 6.07) is 14.2. The average Bonchev–Trinajstić information content (AvgIpc) is 2.87. The van der Waals surface area contributed by atoms with E-state index in [-0.39, 0.29) is 12.8 Å². The first-order valence-corrected chi connectivity index (χ1v) is 11.8. The molecule has 5 nitrogen and oxygen atoms in total.